The van der Waals surface area contributed by atoms with Crippen LogP contribution in [0.25, 0.3) is 0 Å². The molecule has 28 heavy (non-hydrogen) atoms. The number of benzene rings is 2. The molecule has 0 unspecified atom stereocenters. The predicted molar refractivity (Wildman–Crippen MR) is 110 cm³/mol. The van der Waals surface area contributed by atoms with Crippen molar-refractivity contribution in [2.45, 2.75) is 19.8 Å². The Morgan fingerprint density at radius 1 is 0.893 bits per heavy atom. The van der Waals surface area contributed by atoms with Crippen LogP contribution in [-0.2, 0) is 6.42 Å². The second kappa shape index (κ2) is 9.41. The molecule has 2 aromatic carbocycles. The first-order valence-electron chi connectivity index (χ1n) is 9.16. The van der Waals surface area contributed by atoms with E-state index in [0.29, 0.717) is 17.1 Å². The van der Waals surface area contributed by atoms with Gasteiger partial charge in [0.05, 0.1) is 0 Å². The number of amides is 1. The summed E-state index contributed by atoms with van der Waals surface area (Å²) in [5, 5.41) is 14.0. The summed E-state index contributed by atoms with van der Waals surface area (Å²) in [6.07, 6.45) is 1.97. The Kier molecular flexibility index (Phi) is 6.46. The third-order valence-corrected chi connectivity index (χ3v) is 4.24. The lowest BCUT2D eigenvalue weighted by atomic mass is 10.1. The number of aryl methyl sites for hydroxylation is 1. The molecule has 0 saturated carbocycles. The van der Waals surface area contributed by atoms with Crippen LogP contribution in [0, 0.1) is 0 Å². The minimum absolute atomic E-state index is 0.0180. The molecular formula is C22H22N4O2. The van der Waals surface area contributed by atoms with E-state index in [4.69, 9.17) is 0 Å². The van der Waals surface area contributed by atoms with Crippen LogP contribution in [0.2, 0.25) is 0 Å². The fraction of sp³-hybridized carbons (Fsp3) is 0.182. The van der Waals surface area contributed by atoms with Gasteiger partial charge in [-0.15, -0.1) is 10.2 Å². The van der Waals surface area contributed by atoms with Crippen molar-refractivity contribution in [2.75, 3.05) is 17.2 Å². The van der Waals surface area contributed by atoms with Crippen molar-refractivity contribution < 1.29 is 9.59 Å². The minimum atomic E-state index is -0.348. The van der Waals surface area contributed by atoms with Crippen LogP contribution in [0.15, 0.2) is 66.7 Å². The van der Waals surface area contributed by atoms with Gasteiger partial charge in [0.1, 0.15) is 5.82 Å². The Balaban J connectivity index is 1.47. The molecule has 1 heterocycles. The molecule has 0 aliphatic carbocycles. The minimum Gasteiger partial charge on any atom is -0.369 e. The van der Waals surface area contributed by atoms with E-state index in [1.54, 1.807) is 36.4 Å². The molecule has 0 aliphatic rings. The normalized spacial score (nSPS) is 10.3. The average Bonchev–Trinajstić information content (AvgIpc) is 2.73. The number of ketones is 1. The van der Waals surface area contributed by atoms with E-state index in [-0.39, 0.29) is 17.4 Å². The Bertz CT molecular complexity index is 923. The fourth-order valence-corrected chi connectivity index (χ4v) is 2.68. The van der Waals surface area contributed by atoms with E-state index >= 15 is 0 Å². The second-order valence-electron chi connectivity index (χ2n) is 6.41. The van der Waals surface area contributed by atoms with Crippen LogP contribution in [0.1, 0.15) is 39.8 Å². The first-order valence-corrected chi connectivity index (χ1v) is 9.16. The third kappa shape index (κ3) is 5.48. The van der Waals surface area contributed by atoms with Gasteiger partial charge in [-0.3, -0.25) is 9.59 Å². The van der Waals surface area contributed by atoms with E-state index in [2.05, 4.69) is 33.0 Å². The number of hydrogen-bond acceptors (Lipinski definition) is 5. The number of aromatic nitrogens is 2. The van der Waals surface area contributed by atoms with Crippen molar-refractivity contribution in [3.63, 3.8) is 0 Å². The summed E-state index contributed by atoms with van der Waals surface area (Å²) in [5.74, 6) is 0.268. The van der Waals surface area contributed by atoms with Gasteiger partial charge in [0.15, 0.2) is 11.5 Å². The molecule has 142 valence electrons. The van der Waals surface area contributed by atoms with Gasteiger partial charge in [-0.05, 0) is 61.7 Å². The zero-order valence-corrected chi connectivity index (χ0v) is 15.7. The highest BCUT2D eigenvalue weighted by molar-refractivity contribution is 6.03. The van der Waals surface area contributed by atoms with E-state index < -0.39 is 0 Å². The third-order valence-electron chi connectivity index (χ3n) is 4.24. The molecule has 1 amide bonds. The highest BCUT2D eigenvalue weighted by Gasteiger charge is 2.09. The maximum absolute atomic E-state index is 12.3. The largest absolute Gasteiger partial charge is 0.369 e. The van der Waals surface area contributed by atoms with Crippen molar-refractivity contribution in [1.82, 2.24) is 10.2 Å². The summed E-state index contributed by atoms with van der Waals surface area (Å²) >= 11 is 0. The molecule has 3 rings (SSSR count). The molecule has 6 nitrogen and oxygen atoms in total. The number of hydrogen-bond donors (Lipinski definition) is 2. The van der Waals surface area contributed by atoms with Crippen molar-refractivity contribution in [2.24, 2.45) is 0 Å². The molecule has 0 fully saturated rings. The monoisotopic (exact) mass is 374 g/mol. The van der Waals surface area contributed by atoms with Gasteiger partial charge in [-0.2, -0.15) is 0 Å². The van der Waals surface area contributed by atoms with E-state index in [1.165, 1.54) is 12.5 Å². The van der Waals surface area contributed by atoms with Crippen LogP contribution in [0.4, 0.5) is 11.5 Å². The Labute approximate surface area is 164 Å². The maximum atomic E-state index is 12.3. The van der Waals surface area contributed by atoms with Gasteiger partial charge in [-0.25, -0.2) is 0 Å². The average molecular weight is 374 g/mol. The van der Waals surface area contributed by atoms with Crippen LogP contribution < -0.4 is 10.6 Å². The Hall–Kier alpha value is -3.54. The van der Waals surface area contributed by atoms with Gasteiger partial charge in [-0.1, -0.05) is 30.3 Å². The summed E-state index contributed by atoms with van der Waals surface area (Å²) in [4.78, 5) is 23.5. The molecule has 0 spiro atoms. The molecule has 1 aromatic heterocycles. The molecular weight excluding hydrogens is 352 g/mol. The zero-order valence-electron chi connectivity index (χ0n) is 15.7. The van der Waals surface area contributed by atoms with Crippen LogP contribution in [0.5, 0.6) is 0 Å². The summed E-state index contributed by atoms with van der Waals surface area (Å²) in [5.41, 5.74) is 2.73. The fourth-order valence-electron chi connectivity index (χ4n) is 2.68. The molecule has 0 saturated heterocycles. The van der Waals surface area contributed by atoms with Crippen molar-refractivity contribution in [3.05, 3.63) is 83.6 Å². The van der Waals surface area contributed by atoms with Crippen LogP contribution >= 0.6 is 0 Å². The highest BCUT2D eigenvalue weighted by Crippen LogP contribution is 2.12. The molecule has 3 aromatic rings. The van der Waals surface area contributed by atoms with Crippen molar-refractivity contribution in [3.8, 4) is 0 Å². The summed E-state index contributed by atoms with van der Waals surface area (Å²) in [7, 11) is 0. The summed E-state index contributed by atoms with van der Waals surface area (Å²) < 4.78 is 0. The number of Topliss-reactive ketones (excluding diaryl/α,β-unsaturated/α-hetero) is 1. The topological polar surface area (TPSA) is 84.0 Å². The highest BCUT2D eigenvalue weighted by atomic mass is 16.2. The molecule has 0 atom stereocenters. The second-order valence-corrected chi connectivity index (χ2v) is 6.41. The standard InChI is InChI=1S/C22H22N4O2/c1-16(27)18-9-11-19(12-10-18)24-22(28)20-13-14-21(26-25-20)23-15-5-8-17-6-3-2-4-7-17/h2-4,6-7,9-14H,5,8,15H2,1H3,(H,23,26)(H,24,28). The predicted octanol–water partition coefficient (Wildman–Crippen LogP) is 3.98. The van der Waals surface area contributed by atoms with Gasteiger partial charge in [0.25, 0.3) is 5.91 Å². The molecule has 0 bridgehead atoms. The lowest BCUT2D eigenvalue weighted by Gasteiger charge is -2.07. The summed E-state index contributed by atoms with van der Waals surface area (Å²) in [6.45, 7) is 2.28. The lowest BCUT2D eigenvalue weighted by Crippen LogP contribution is -2.15. The molecule has 6 heteroatoms. The van der Waals surface area contributed by atoms with Gasteiger partial charge >= 0.3 is 0 Å². The number of nitrogens with one attached hydrogen (secondary N) is 2. The van der Waals surface area contributed by atoms with E-state index in [0.717, 1.165) is 19.4 Å². The van der Waals surface area contributed by atoms with Crippen molar-refractivity contribution in [1.29, 1.82) is 0 Å². The molecule has 0 radical (unpaired) electrons. The number of carbonyl (C=O) groups is 2. The quantitative estimate of drug-likeness (QED) is 0.460. The number of carbonyl (C=O) groups excluding carboxylic acids is 2. The first kappa shape index (κ1) is 19.2. The van der Waals surface area contributed by atoms with Gasteiger partial charge in [0, 0.05) is 17.8 Å². The van der Waals surface area contributed by atoms with Crippen LogP contribution in [-0.4, -0.2) is 28.4 Å². The SMILES string of the molecule is CC(=O)c1ccc(NC(=O)c2ccc(NCCCc3ccccc3)nn2)cc1. The zero-order chi connectivity index (χ0) is 19.8. The number of anilines is 2. The van der Waals surface area contributed by atoms with Gasteiger partial charge in [0.2, 0.25) is 0 Å². The number of nitrogens with zero attached hydrogens (tertiary/aromatic N) is 2. The molecule has 0 aliphatic heterocycles. The van der Waals surface area contributed by atoms with Gasteiger partial charge < -0.3 is 10.6 Å². The van der Waals surface area contributed by atoms with E-state index in [9.17, 15) is 9.59 Å². The number of rotatable bonds is 8. The smallest absolute Gasteiger partial charge is 0.276 e. The lowest BCUT2D eigenvalue weighted by molar-refractivity contribution is 0.101. The Morgan fingerprint density at radius 3 is 2.29 bits per heavy atom. The Morgan fingerprint density at radius 2 is 1.64 bits per heavy atom. The van der Waals surface area contributed by atoms with Crippen LogP contribution in [0.3, 0.4) is 0 Å². The maximum Gasteiger partial charge on any atom is 0.276 e. The summed E-state index contributed by atoms with van der Waals surface area (Å²) in [6, 6.07) is 20.4. The first-order chi connectivity index (χ1) is 13.6. The van der Waals surface area contributed by atoms with Crippen molar-refractivity contribution >= 4 is 23.2 Å². The molecule has 2 N–H and O–H groups in total. The van der Waals surface area contributed by atoms with E-state index in [1.807, 2.05) is 18.2 Å².